The fourth-order valence-electron chi connectivity index (χ4n) is 2.88. The predicted molar refractivity (Wildman–Crippen MR) is 104 cm³/mol. The molecule has 2 aromatic rings. The summed E-state index contributed by atoms with van der Waals surface area (Å²) in [5.41, 5.74) is 5.62. The zero-order chi connectivity index (χ0) is 17.4. The molecular weight excluding hydrogens is 292 g/mol. The van der Waals surface area contributed by atoms with Crippen molar-refractivity contribution in [1.29, 1.82) is 0 Å². The van der Waals surface area contributed by atoms with Crippen molar-refractivity contribution in [2.45, 2.75) is 39.8 Å². The fourth-order valence-corrected chi connectivity index (χ4v) is 2.88. The summed E-state index contributed by atoms with van der Waals surface area (Å²) in [4.78, 5) is 4.80. The Labute approximate surface area is 148 Å². The maximum absolute atomic E-state index is 2.40. The molecule has 0 aliphatic heterocycles. The molecule has 2 aromatic carbocycles. The Bertz CT molecular complexity index is 531. The van der Waals surface area contributed by atoms with Gasteiger partial charge in [0.2, 0.25) is 0 Å². The highest BCUT2D eigenvalue weighted by Crippen LogP contribution is 2.09. The first-order valence-electron chi connectivity index (χ1n) is 9.13. The van der Waals surface area contributed by atoms with E-state index in [0.29, 0.717) is 0 Å². The Hall–Kier alpha value is -1.64. The molecule has 0 saturated heterocycles. The van der Waals surface area contributed by atoms with Gasteiger partial charge in [0, 0.05) is 26.2 Å². The molecule has 2 rings (SSSR count). The van der Waals surface area contributed by atoms with Crippen molar-refractivity contribution >= 4 is 0 Å². The van der Waals surface area contributed by atoms with Gasteiger partial charge in [-0.15, -0.1) is 0 Å². The van der Waals surface area contributed by atoms with Crippen molar-refractivity contribution in [1.82, 2.24) is 9.80 Å². The molecule has 0 atom stereocenters. The SMILES string of the molecule is CCc1ccc(CN(C)CCN(C)Cc2ccc(CC)cc2)cc1. The molecule has 0 aliphatic carbocycles. The molecule has 2 nitrogen and oxygen atoms in total. The molecule has 0 bridgehead atoms. The molecule has 0 saturated carbocycles. The summed E-state index contributed by atoms with van der Waals surface area (Å²) in [6.07, 6.45) is 2.22. The average Bonchev–Trinajstić information content (AvgIpc) is 2.61. The summed E-state index contributed by atoms with van der Waals surface area (Å²) in [5.74, 6) is 0. The molecule has 24 heavy (non-hydrogen) atoms. The van der Waals surface area contributed by atoms with Crippen LogP contribution in [0.3, 0.4) is 0 Å². The number of hydrogen-bond acceptors (Lipinski definition) is 2. The van der Waals surface area contributed by atoms with E-state index in [1.807, 2.05) is 0 Å². The minimum absolute atomic E-state index is 1.02. The summed E-state index contributed by atoms with van der Waals surface area (Å²) in [6, 6.07) is 18.0. The molecule has 0 N–H and O–H groups in total. The first-order chi connectivity index (χ1) is 11.6. The smallest absolute Gasteiger partial charge is 0.0231 e. The van der Waals surface area contributed by atoms with Crippen LogP contribution in [0.15, 0.2) is 48.5 Å². The van der Waals surface area contributed by atoms with Crippen LogP contribution in [0.2, 0.25) is 0 Å². The third kappa shape index (κ3) is 6.10. The van der Waals surface area contributed by atoms with Crippen LogP contribution in [0.25, 0.3) is 0 Å². The van der Waals surface area contributed by atoms with Gasteiger partial charge in [0.05, 0.1) is 0 Å². The quantitative estimate of drug-likeness (QED) is 0.675. The van der Waals surface area contributed by atoms with Crippen LogP contribution in [0.5, 0.6) is 0 Å². The second-order valence-electron chi connectivity index (χ2n) is 6.82. The fraction of sp³-hybridized carbons (Fsp3) is 0.455. The lowest BCUT2D eigenvalue weighted by molar-refractivity contribution is 0.247. The summed E-state index contributed by atoms with van der Waals surface area (Å²) in [5, 5.41) is 0. The molecule has 0 fully saturated rings. The van der Waals surface area contributed by atoms with E-state index in [2.05, 4.69) is 86.3 Å². The van der Waals surface area contributed by atoms with Crippen molar-refractivity contribution in [2.75, 3.05) is 27.2 Å². The van der Waals surface area contributed by atoms with Crippen LogP contribution in [-0.2, 0) is 25.9 Å². The van der Waals surface area contributed by atoms with Crippen LogP contribution in [-0.4, -0.2) is 37.0 Å². The first kappa shape index (κ1) is 18.7. The van der Waals surface area contributed by atoms with Gasteiger partial charge < -0.3 is 9.80 Å². The summed E-state index contributed by atoms with van der Waals surface area (Å²) in [7, 11) is 4.41. The first-order valence-corrected chi connectivity index (χ1v) is 9.13. The van der Waals surface area contributed by atoms with Gasteiger partial charge in [0.1, 0.15) is 0 Å². The standard InChI is InChI=1S/C22H32N2/c1-5-19-7-11-21(12-8-19)17-23(3)15-16-24(4)18-22-13-9-20(6-2)10-14-22/h7-14H,5-6,15-18H2,1-4H3. The molecule has 0 unspecified atom stereocenters. The maximum Gasteiger partial charge on any atom is 0.0231 e. The van der Waals surface area contributed by atoms with Gasteiger partial charge in [-0.05, 0) is 49.2 Å². The lowest BCUT2D eigenvalue weighted by Crippen LogP contribution is -2.30. The Kier molecular flexibility index (Phi) is 7.48. The molecule has 130 valence electrons. The van der Waals surface area contributed by atoms with Crippen molar-refractivity contribution in [2.24, 2.45) is 0 Å². The third-order valence-electron chi connectivity index (χ3n) is 4.63. The number of rotatable bonds is 9. The second-order valence-corrected chi connectivity index (χ2v) is 6.82. The van der Waals surface area contributed by atoms with E-state index in [-0.39, 0.29) is 0 Å². The van der Waals surface area contributed by atoms with Crippen molar-refractivity contribution in [3.63, 3.8) is 0 Å². The highest BCUT2D eigenvalue weighted by atomic mass is 15.2. The highest BCUT2D eigenvalue weighted by Gasteiger charge is 2.04. The summed E-state index contributed by atoms with van der Waals surface area (Å²) in [6.45, 7) is 8.60. The average molecular weight is 325 g/mol. The summed E-state index contributed by atoms with van der Waals surface area (Å²) >= 11 is 0. The van der Waals surface area contributed by atoms with E-state index >= 15 is 0 Å². The zero-order valence-electron chi connectivity index (χ0n) is 15.8. The normalized spacial score (nSPS) is 11.4. The Morgan fingerprint density at radius 3 is 1.12 bits per heavy atom. The number of benzene rings is 2. The largest absolute Gasteiger partial charge is 0.301 e. The number of aryl methyl sites for hydroxylation is 2. The van der Waals surface area contributed by atoms with Crippen LogP contribution in [0, 0.1) is 0 Å². The van der Waals surface area contributed by atoms with Gasteiger partial charge in [-0.2, -0.15) is 0 Å². The van der Waals surface area contributed by atoms with Crippen LogP contribution in [0.1, 0.15) is 36.1 Å². The van der Waals surface area contributed by atoms with Gasteiger partial charge in [-0.25, -0.2) is 0 Å². The van der Waals surface area contributed by atoms with Crippen molar-refractivity contribution < 1.29 is 0 Å². The molecule has 0 aromatic heterocycles. The van der Waals surface area contributed by atoms with Gasteiger partial charge in [-0.3, -0.25) is 0 Å². The van der Waals surface area contributed by atoms with E-state index in [1.54, 1.807) is 0 Å². The zero-order valence-corrected chi connectivity index (χ0v) is 15.8. The lowest BCUT2D eigenvalue weighted by Gasteiger charge is -2.22. The second kappa shape index (κ2) is 9.61. The minimum Gasteiger partial charge on any atom is -0.301 e. The third-order valence-corrected chi connectivity index (χ3v) is 4.63. The van der Waals surface area contributed by atoms with Crippen LogP contribution in [0.4, 0.5) is 0 Å². The van der Waals surface area contributed by atoms with Crippen molar-refractivity contribution in [3.05, 3.63) is 70.8 Å². The lowest BCUT2D eigenvalue weighted by atomic mass is 10.1. The Morgan fingerprint density at radius 1 is 0.542 bits per heavy atom. The number of likely N-dealkylation sites (N-methyl/N-ethyl adjacent to an activating group) is 2. The molecule has 0 heterocycles. The Morgan fingerprint density at radius 2 is 0.833 bits per heavy atom. The molecule has 0 amide bonds. The number of hydrogen-bond donors (Lipinski definition) is 0. The minimum atomic E-state index is 1.02. The maximum atomic E-state index is 2.40. The molecule has 0 spiro atoms. The Balaban J connectivity index is 1.74. The van der Waals surface area contributed by atoms with E-state index < -0.39 is 0 Å². The van der Waals surface area contributed by atoms with Gasteiger partial charge in [0.15, 0.2) is 0 Å². The highest BCUT2D eigenvalue weighted by molar-refractivity contribution is 5.23. The molecular formula is C22H32N2. The molecule has 0 aliphatic rings. The van der Waals surface area contributed by atoms with E-state index in [1.165, 1.54) is 22.3 Å². The monoisotopic (exact) mass is 324 g/mol. The van der Waals surface area contributed by atoms with Crippen LogP contribution >= 0.6 is 0 Å². The topological polar surface area (TPSA) is 6.48 Å². The molecule has 0 radical (unpaired) electrons. The van der Waals surface area contributed by atoms with E-state index in [0.717, 1.165) is 39.0 Å². The molecule has 2 heteroatoms. The van der Waals surface area contributed by atoms with Crippen LogP contribution < -0.4 is 0 Å². The van der Waals surface area contributed by atoms with Gasteiger partial charge in [0.25, 0.3) is 0 Å². The van der Waals surface area contributed by atoms with Gasteiger partial charge >= 0.3 is 0 Å². The van der Waals surface area contributed by atoms with E-state index in [9.17, 15) is 0 Å². The summed E-state index contributed by atoms with van der Waals surface area (Å²) < 4.78 is 0. The van der Waals surface area contributed by atoms with Crippen molar-refractivity contribution in [3.8, 4) is 0 Å². The predicted octanol–water partition coefficient (Wildman–Crippen LogP) is 4.38. The van der Waals surface area contributed by atoms with E-state index in [4.69, 9.17) is 0 Å². The number of nitrogens with zero attached hydrogens (tertiary/aromatic N) is 2. The van der Waals surface area contributed by atoms with Gasteiger partial charge in [-0.1, -0.05) is 62.4 Å².